The molecule has 0 amide bonds. The van der Waals surface area contributed by atoms with E-state index in [1.807, 2.05) is 12.4 Å². The van der Waals surface area contributed by atoms with Gasteiger partial charge < -0.3 is 0 Å². The van der Waals surface area contributed by atoms with Gasteiger partial charge in [-0.05, 0) is 75.7 Å². The predicted molar refractivity (Wildman–Crippen MR) is 128 cm³/mol. The first-order valence-electron chi connectivity index (χ1n) is 10.5. The number of thiophene rings is 1. The minimum atomic E-state index is 0.693. The van der Waals surface area contributed by atoms with E-state index in [0.717, 1.165) is 6.42 Å². The van der Waals surface area contributed by atoms with Crippen LogP contribution in [0.4, 0.5) is 0 Å². The van der Waals surface area contributed by atoms with Crippen molar-refractivity contribution < 1.29 is 0 Å². The van der Waals surface area contributed by atoms with Gasteiger partial charge >= 0.3 is 0 Å². The van der Waals surface area contributed by atoms with Gasteiger partial charge in [-0.1, -0.05) is 61.0 Å². The van der Waals surface area contributed by atoms with Crippen LogP contribution in [-0.4, -0.2) is 6.21 Å². The van der Waals surface area contributed by atoms with Crippen LogP contribution in [0.15, 0.2) is 76.8 Å². The molecule has 2 aromatic carbocycles. The molecule has 0 fully saturated rings. The molecule has 3 aliphatic rings. The number of rotatable bonds is 0. The van der Waals surface area contributed by atoms with Gasteiger partial charge in [0.2, 0.25) is 0 Å². The minimum absolute atomic E-state index is 0.693. The Balaban J connectivity index is 0.000000153. The summed E-state index contributed by atoms with van der Waals surface area (Å²) in [5.74, 6) is 0.693. The Morgan fingerprint density at radius 3 is 2.93 bits per heavy atom. The first-order chi connectivity index (χ1) is 14.3. The highest BCUT2D eigenvalue weighted by Gasteiger charge is 2.25. The maximum Gasteiger partial charge on any atom is 0.0321 e. The molecule has 1 atom stereocenters. The highest BCUT2D eigenvalue weighted by molar-refractivity contribution is 7.11. The molecule has 6 rings (SSSR count). The highest BCUT2D eigenvalue weighted by atomic mass is 32.1. The van der Waals surface area contributed by atoms with E-state index in [2.05, 4.69) is 78.0 Å². The minimum Gasteiger partial charge on any atom is -0.269 e. The summed E-state index contributed by atoms with van der Waals surface area (Å²) < 4.78 is 0. The summed E-state index contributed by atoms with van der Waals surface area (Å²) in [5.41, 5.74) is 7.59. The van der Waals surface area contributed by atoms with E-state index in [0.29, 0.717) is 5.92 Å². The van der Waals surface area contributed by atoms with Crippen LogP contribution in [0, 0.1) is 5.92 Å². The average molecular weight is 396 g/mol. The molecule has 0 bridgehead atoms. The van der Waals surface area contributed by atoms with E-state index in [1.165, 1.54) is 51.6 Å². The molecule has 0 saturated heterocycles. The molecular formula is C27H25NS. The summed E-state index contributed by atoms with van der Waals surface area (Å²) in [6.45, 7) is 2.39. The van der Waals surface area contributed by atoms with Gasteiger partial charge in [0.05, 0.1) is 0 Å². The Morgan fingerprint density at radius 2 is 1.97 bits per heavy atom. The van der Waals surface area contributed by atoms with Gasteiger partial charge in [0, 0.05) is 23.7 Å². The largest absolute Gasteiger partial charge is 0.269 e. The number of benzene rings is 2. The number of hydrogen-bond donors (Lipinski definition) is 0. The van der Waals surface area contributed by atoms with Crippen molar-refractivity contribution in [2.75, 3.05) is 0 Å². The van der Waals surface area contributed by atoms with Gasteiger partial charge in [0.15, 0.2) is 0 Å². The number of hydrogen-bond acceptors (Lipinski definition) is 2. The van der Waals surface area contributed by atoms with Gasteiger partial charge in [-0.25, -0.2) is 0 Å². The molecule has 1 nitrogen and oxygen atoms in total. The molecule has 0 radical (unpaired) electrons. The summed E-state index contributed by atoms with van der Waals surface area (Å²) in [4.78, 5) is 5.40. The smallest absolute Gasteiger partial charge is 0.0321 e. The molecule has 1 aliphatic heterocycles. The predicted octanol–water partition coefficient (Wildman–Crippen LogP) is 7.48. The SMILES string of the molecule is C1=Cc2sccc2CC=N1.CC1Cc2c(ccc3ccccc23)C2=C1CCC=C2. The Labute approximate surface area is 176 Å². The molecule has 2 heteroatoms. The van der Waals surface area contributed by atoms with E-state index in [4.69, 9.17) is 0 Å². The Bertz CT molecular complexity index is 1170. The Kier molecular flexibility index (Phi) is 5.03. The highest BCUT2D eigenvalue weighted by Crippen LogP contribution is 2.42. The van der Waals surface area contributed by atoms with Gasteiger partial charge in [0.25, 0.3) is 0 Å². The zero-order chi connectivity index (χ0) is 19.6. The zero-order valence-corrected chi connectivity index (χ0v) is 17.6. The molecule has 0 N–H and O–H groups in total. The van der Waals surface area contributed by atoms with Crippen molar-refractivity contribution in [3.05, 3.63) is 93.3 Å². The molecule has 2 aliphatic carbocycles. The molecule has 3 aromatic rings. The molecular weight excluding hydrogens is 370 g/mol. The van der Waals surface area contributed by atoms with E-state index in [9.17, 15) is 0 Å². The Hall–Kier alpha value is -2.71. The quantitative estimate of drug-likeness (QED) is 0.374. The fourth-order valence-electron chi connectivity index (χ4n) is 4.68. The van der Waals surface area contributed by atoms with Crippen LogP contribution in [0.2, 0.25) is 0 Å². The lowest BCUT2D eigenvalue weighted by Gasteiger charge is -2.30. The molecule has 144 valence electrons. The second kappa shape index (κ2) is 7.96. The molecule has 1 aromatic heterocycles. The summed E-state index contributed by atoms with van der Waals surface area (Å²) in [6, 6.07) is 15.5. The zero-order valence-electron chi connectivity index (χ0n) is 16.8. The topological polar surface area (TPSA) is 12.4 Å². The molecule has 0 saturated carbocycles. The second-order valence-electron chi connectivity index (χ2n) is 7.96. The second-order valence-corrected chi connectivity index (χ2v) is 8.91. The maximum absolute atomic E-state index is 4.06. The molecule has 29 heavy (non-hydrogen) atoms. The number of aliphatic imine (C=N–C) groups is 1. The fraction of sp³-hybridized carbons (Fsp3) is 0.222. The summed E-state index contributed by atoms with van der Waals surface area (Å²) >= 11 is 1.77. The first kappa shape index (κ1) is 18.3. The van der Waals surface area contributed by atoms with Crippen molar-refractivity contribution in [3.63, 3.8) is 0 Å². The normalized spacial score (nSPS) is 19.1. The van der Waals surface area contributed by atoms with Crippen LogP contribution in [0.3, 0.4) is 0 Å². The van der Waals surface area contributed by atoms with Crippen molar-refractivity contribution in [1.29, 1.82) is 0 Å². The van der Waals surface area contributed by atoms with E-state index in [-0.39, 0.29) is 0 Å². The Morgan fingerprint density at radius 1 is 1.03 bits per heavy atom. The van der Waals surface area contributed by atoms with Crippen molar-refractivity contribution in [2.45, 2.75) is 32.6 Å². The monoisotopic (exact) mass is 395 g/mol. The third-order valence-corrected chi connectivity index (χ3v) is 7.08. The lowest BCUT2D eigenvalue weighted by Crippen LogP contribution is -2.15. The summed E-state index contributed by atoms with van der Waals surface area (Å²) in [5, 5.41) is 4.93. The van der Waals surface area contributed by atoms with E-state index >= 15 is 0 Å². The van der Waals surface area contributed by atoms with E-state index in [1.54, 1.807) is 22.5 Å². The number of allylic oxidation sites excluding steroid dienone is 4. The molecule has 1 unspecified atom stereocenters. The maximum atomic E-state index is 4.06. The van der Waals surface area contributed by atoms with Crippen LogP contribution in [0.1, 0.15) is 41.3 Å². The van der Waals surface area contributed by atoms with Crippen LogP contribution in [0.25, 0.3) is 22.4 Å². The molecule has 0 spiro atoms. The standard InChI is InChI=1S/C19H18.C8H7NS/c1-13-12-19-16-8-3-2-6-14(16)10-11-18(19)17-9-5-4-7-15(13)17;1-4-9-5-2-8-7(1)3-6-10-8/h2-3,5-6,8-11,13H,4,7,12H2,1H3;2-6H,1H2. The third kappa shape index (κ3) is 3.54. The summed E-state index contributed by atoms with van der Waals surface area (Å²) in [6.07, 6.45) is 15.2. The number of nitrogens with zero attached hydrogens (tertiary/aromatic N) is 1. The third-order valence-electron chi connectivity index (χ3n) is 6.16. The lowest BCUT2D eigenvalue weighted by molar-refractivity contribution is 0.634. The van der Waals surface area contributed by atoms with Crippen LogP contribution < -0.4 is 0 Å². The van der Waals surface area contributed by atoms with Crippen molar-refractivity contribution in [2.24, 2.45) is 10.9 Å². The van der Waals surface area contributed by atoms with Crippen molar-refractivity contribution in [3.8, 4) is 0 Å². The fourth-order valence-corrected chi connectivity index (χ4v) is 5.50. The number of fused-ring (bicyclic) bond motifs is 5. The average Bonchev–Trinajstić information content (AvgIpc) is 3.10. The lowest BCUT2D eigenvalue weighted by atomic mass is 9.74. The van der Waals surface area contributed by atoms with Gasteiger partial charge in [-0.3, -0.25) is 4.99 Å². The van der Waals surface area contributed by atoms with Crippen LogP contribution >= 0.6 is 11.3 Å². The summed E-state index contributed by atoms with van der Waals surface area (Å²) in [7, 11) is 0. The first-order valence-corrected chi connectivity index (χ1v) is 11.3. The molecule has 2 heterocycles. The van der Waals surface area contributed by atoms with E-state index < -0.39 is 0 Å². The van der Waals surface area contributed by atoms with Gasteiger partial charge in [-0.2, -0.15) is 0 Å². The van der Waals surface area contributed by atoms with Gasteiger partial charge in [-0.15, -0.1) is 11.3 Å². The van der Waals surface area contributed by atoms with Crippen molar-refractivity contribution >= 4 is 40.0 Å². The van der Waals surface area contributed by atoms with Crippen molar-refractivity contribution in [1.82, 2.24) is 0 Å². The van der Waals surface area contributed by atoms with Crippen LogP contribution in [0.5, 0.6) is 0 Å². The van der Waals surface area contributed by atoms with Crippen LogP contribution in [-0.2, 0) is 12.8 Å². The van der Waals surface area contributed by atoms with Gasteiger partial charge in [0.1, 0.15) is 0 Å².